The molecule has 1 aliphatic rings. The Bertz CT molecular complexity index is 619. The number of amides is 3. The van der Waals surface area contributed by atoms with Crippen molar-refractivity contribution in [1.29, 1.82) is 0 Å². The third kappa shape index (κ3) is 1.69. The van der Waals surface area contributed by atoms with Gasteiger partial charge in [-0.1, -0.05) is 60.7 Å². The Kier molecular flexibility index (Phi) is 2.30. The van der Waals surface area contributed by atoms with E-state index in [4.69, 9.17) is 1.41 Å². The smallest absolute Gasteiger partial charge is 0.316 e. The molecule has 4 heteroatoms. The Hall–Kier alpha value is -2.62. The highest BCUT2D eigenvalue weighted by atomic mass is 16.2. The molecule has 3 rings (SSSR count). The zero-order chi connectivity index (χ0) is 14.2. The van der Waals surface area contributed by atoms with Gasteiger partial charge in [0, 0.05) is 0 Å². The molecule has 1 saturated heterocycles. The van der Waals surface area contributed by atoms with Crippen LogP contribution in [0.4, 0.5) is 4.79 Å². The van der Waals surface area contributed by atoms with Gasteiger partial charge in [-0.3, -0.25) is 10.1 Å². The van der Waals surface area contributed by atoms with E-state index in [9.17, 15) is 9.59 Å². The van der Waals surface area contributed by atoms with Crippen LogP contribution in [0.1, 0.15) is 11.1 Å². The highest BCUT2D eigenvalue weighted by Crippen LogP contribution is 2.32. The monoisotopic (exact) mass is 253 g/mol. The molecular weight excluding hydrogens is 240 g/mol. The molecule has 0 radical (unpaired) electrons. The van der Waals surface area contributed by atoms with Gasteiger partial charge in [0.25, 0.3) is 5.91 Å². The van der Waals surface area contributed by atoms with E-state index in [0.717, 1.165) is 0 Å². The predicted molar refractivity (Wildman–Crippen MR) is 70.3 cm³/mol. The van der Waals surface area contributed by atoms with Gasteiger partial charge in [-0.05, 0) is 11.1 Å². The maximum absolute atomic E-state index is 12.4. The molecule has 2 N–H and O–H groups in total. The number of imide groups is 1. The van der Waals surface area contributed by atoms with Crippen molar-refractivity contribution in [3.8, 4) is 0 Å². The molecule has 1 aliphatic heterocycles. The van der Waals surface area contributed by atoms with Gasteiger partial charge in [-0.2, -0.15) is 0 Å². The lowest BCUT2D eigenvalue weighted by Gasteiger charge is -2.27. The normalized spacial score (nSPS) is 18.1. The van der Waals surface area contributed by atoms with Crippen LogP contribution in [0.2, 0.25) is 1.41 Å². The minimum Gasteiger partial charge on any atom is -0.316 e. The summed E-state index contributed by atoms with van der Waals surface area (Å²) in [5, 5.41) is 2.92. The van der Waals surface area contributed by atoms with Gasteiger partial charge in [-0.25, -0.2) is 4.79 Å². The maximum atomic E-state index is 12.4. The van der Waals surface area contributed by atoms with Crippen LogP contribution in [-0.4, -0.2) is 11.9 Å². The quantitative estimate of drug-likeness (QED) is 0.801. The van der Waals surface area contributed by atoms with Gasteiger partial charge >= 0.3 is 6.03 Å². The van der Waals surface area contributed by atoms with Gasteiger partial charge in [-0.15, -0.1) is 0 Å². The Labute approximate surface area is 111 Å². The molecule has 0 atom stereocenters. The highest BCUT2D eigenvalue weighted by Gasteiger charge is 2.48. The Morgan fingerprint density at radius 3 is 1.68 bits per heavy atom. The molecule has 0 spiro atoms. The standard InChI is InChI=1S/C15H12N2O2/c18-13-15(17-14(19)16-13,11-7-3-1-4-8-11)12-9-5-2-6-10-12/h1-10H,(H2,16,17,18,19)/i/hD. The fourth-order valence-electron chi connectivity index (χ4n) is 2.34. The van der Waals surface area contributed by atoms with Crippen LogP contribution in [0.5, 0.6) is 0 Å². The van der Waals surface area contributed by atoms with Crippen molar-refractivity contribution in [2.24, 2.45) is 0 Å². The molecule has 3 amide bonds. The summed E-state index contributed by atoms with van der Waals surface area (Å²) in [4.78, 5) is 24.2. The molecule has 0 saturated carbocycles. The third-order valence-electron chi connectivity index (χ3n) is 3.20. The lowest BCUT2D eigenvalue weighted by Crippen LogP contribution is -2.44. The second-order valence-corrected chi connectivity index (χ2v) is 4.31. The molecule has 19 heavy (non-hydrogen) atoms. The van der Waals surface area contributed by atoms with E-state index >= 15 is 0 Å². The van der Waals surface area contributed by atoms with E-state index < -0.39 is 17.5 Å². The Morgan fingerprint density at radius 2 is 1.32 bits per heavy atom. The summed E-state index contributed by atoms with van der Waals surface area (Å²) in [5.74, 6) is -0.505. The molecule has 1 fully saturated rings. The second-order valence-electron chi connectivity index (χ2n) is 4.31. The number of benzene rings is 2. The number of carbonyl (C=O) groups excluding carboxylic acids is 2. The largest absolute Gasteiger partial charge is 0.322 e. The molecular formula is C15H12N2O2. The fourth-order valence-corrected chi connectivity index (χ4v) is 2.34. The van der Waals surface area contributed by atoms with E-state index in [1.807, 2.05) is 12.1 Å². The van der Waals surface area contributed by atoms with Crippen molar-refractivity contribution in [3.05, 3.63) is 71.8 Å². The zero-order valence-electron chi connectivity index (χ0n) is 11.0. The summed E-state index contributed by atoms with van der Waals surface area (Å²) in [6.45, 7) is 0. The van der Waals surface area contributed by atoms with Gasteiger partial charge < -0.3 is 5.31 Å². The Morgan fingerprint density at radius 1 is 0.842 bits per heavy atom. The van der Waals surface area contributed by atoms with Crippen LogP contribution in [0.25, 0.3) is 0 Å². The first-order chi connectivity index (χ1) is 9.67. The van der Waals surface area contributed by atoms with Crippen molar-refractivity contribution in [2.45, 2.75) is 5.54 Å². The first-order valence-corrected chi connectivity index (χ1v) is 5.93. The average Bonchev–Trinajstić information content (AvgIpc) is 2.72. The van der Waals surface area contributed by atoms with Crippen LogP contribution >= 0.6 is 0 Å². The van der Waals surface area contributed by atoms with Crippen molar-refractivity contribution >= 4 is 11.9 Å². The molecule has 0 unspecified atom stereocenters. The summed E-state index contributed by atoms with van der Waals surface area (Å²) >= 11 is 0. The highest BCUT2D eigenvalue weighted by molar-refractivity contribution is 6.09. The number of hydrogen-bond acceptors (Lipinski definition) is 2. The molecule has 0 bridgehead atoms. The van der Waals surface area contributed by atoms with Crippen molar-refractivity contribution < 1.29 is 11.0 Å². The molecule has 0 aliphatic carbocycles. The SMILES string of the molecule is [2H]N1C(=O)NC(=O)C1(c1ccccc1)c1ccccc1. The van der Waals surface area contributed by atoms with Crippen molar-refractivity contribution in [1.82, 2.24) is 10.6 Å². The topological polar surface area (TPSA) is 58.2 Å². The summed E-state index contributed by atoms with van der Waals surface area (Å²) < 4.78 is 8.05. The van der Waals surface area contributed by atoms with Gasteiger partial charge in [0.1, 0.15) is 0 Å². The van der Waals surface area contributed by atoms with Crippen LogP contribution in [0.3, 0.4) is 0 Å². The van der Waals surface area contributed by atoms with Crippen LogP contribution in [0.15, 0.2) is 60.7 Å². The van der Waals surface area contributed by atoms with Crippen molar-refractivity contribution in [3.63, 3.8) is 0 Å². The average molecular weight is 253 g/mol. The lowest BCUT2D eigenvalue weighted by molar-refractivity contribution is -0.122. The van der Waals surface area contributed by atoms with E-state index in [1.54, 1.807) is 48.5 Å². The molecule has 2 aromatic rings. The van der Waals surface area contributed by atoms with Crippen molar-refractivity contribution in [2.75, 3.05) is 0 Å². The summed E-state index contributed by atoms with van der Waals surface area (Å²) in [7, 11) is 0. The predicted octanol–water partition coefficient (Wildman–Crippen LogP) is 1.77. The second kappa shape index (κ2) is 4.24. The van der Waals surface area contributed by atoms with E-state index in [-0.39, 0.29) is 0 Å². The number of hydrogen-bond donors (Lipinski definition) is 2. The van der Waals surface area contributed by atoms with Gasteiger partial charge in [0.2, 0.25) is 0 Å². The molecule has 94 valence electrons. The van der Waals surface area contributed by atoms with Gasteiger partial charge in [0.15, 0.2) is 6.95 Å². The number of urea groups is 1. The lowest BCUT2D eigenvalue weighted by atomic mass is 9.83. The summed E-state index contributed by atoms with van der Waals surface area (Å²) in [5.41, 5.74) is -0.256. The molecule has 1 heterocycles. The molecule has 0 aromatic heterocycles. The minimum atomic E-state index is -1.43. The zero-order valence-corrected chi connectivity index (χ0v) is 10.0. The number of carbonyl (C=O) groups is 2. The fraction of sp³-hybridized carbons (Fsp3) is 0.0667. The molecule has 2 aromatic carbocycles. The van der Waals surface area contributed by atoms with Crippen LogP contribution in [0, 0.1) is 0 Å². The number of nitrogens with one attached hydrogen (secondary N) is 2. The van der Waals surface area contributed by atoms with Crippen LogP contribution in [-0.2, 0) is 10.3 Å². The summed E-state index contributed by atoms with van der Waals surface area (Å²) in [6.07, 6.45) is 0. The van der Waals surface area contributed by atoms with E-state index in [1.165, 1.54) is 0 Å². The summed E-state index contributed by atoms with van der Waals surface area (Å²) in [6, 6.07) is 17.0. The van der Waals surface area contributed by atoms with E-state index in [2.05, 4.69) is 5.32 Å². The van der Waals surface area contributed by atoms with E-state index in [0.29, 0.717) is 16.4 Å². The number of rotatable bonds is 2. The van der Waals surface area contributed by atoms with Gasteiger partial charge in [0.05, 0.1) is 0 Å². The van der Waals surface area contributed by atoms with Crippen LogP contribution < -0.4 is 10.6 Å². The first-order valence-electron chi connectivity index (χ1n) is 6.37. The maximum Gasteiger partial charge on any atom is 0.322 e. The Balaban J connectivity index is 2.30. The molecule has 4 nitrogen and oxygen atoms in total. The third-order valence-corrected chi connectivity index (χ3v) is 3.20. The first kappa shape index (κ1) is 10.3. The minimum absolute atomic E-state index is 0.505.